The van der Waals surface area contributed by atoms with Crippen molar-refractivity contribution in [1.82, 2.24) is 15.5 Å². The Balaban J connectivity index is 3.54. The second-order valence-electron chi connectivity index (χ2n) is 11.9. The van der Waals surface area contributed by atoms with Gasteiger partial charge in [0.05, 0.1) is 0 Å². The lowest BCUT2D eigenvalue weighted by atomic mass is 9.93. The van der Waals surface area contributed by atoms with E-state index in [0.717, 1.165) is 61.6 Å². The van der Waals surface area contributed by atoms with Crippen molar-refractivity contribution < 1.29 is 19.1 Å². The first-order chi connectivity index (χ1) is 18.4. The van der Waals surface area contributed by atoms with E-state index in [9.17, 15) is 14.4 Å². The van der Waals surface area contributed by atoms with Crippen molar-refractivity contribution >= 4 is 17.9 Å². The topological polar surface area (TPSA) is 87.7 Å². The van der Waals surface area contributed by atoms with Crippen LogP contribution < -0.4 is 10.6 Å². The molecule has 0 aliphatic carbocycles. The van der Waals surface area contributed by atoms with E-state index in [4.69, 9.17) is 4.74 Å². The van der Waals surface area contributed by atoms with Crippen LogP contribution in [0.15, 0.2) is 18.2 Å². The van der Waals surface area contributed by atoms with Crippen LogP contribution in [0.2, 0.25) is 0 Å². The number of hydrogen-bond acceptors (Lipinski definition) is 4. The number of rotatable bonds is 16. The molecule has 1 aromatic rings. The fraction of sp³-hybridized carbons (Fsp3) is 0.719. The summed E-state index contributed by atoms with van der Waals surface area (Å²) in [6.45, 7) is 18.6. The van der Waals surface area contributed by atoms with Gasteiger partial charge in [0.2, 0.25) is 11.8 Å². The Morgan fingerprint density at radius 2 is 1.59 bits per heavy atom. The van der Waals surface area contributed by atoms with E-state index in [1.807, 2.05) is 45.9 Å². The van der Waals surface area contributed by atoms with Gasteiger partial charge in [-0.05, 0) is 64.5 Å². The molecule has 0 fully saturated rings. The van der Waals surface area contributed by atoms with Crippen molar-refractivity contribution in [2.24, 2.45) is 5.92 Å². The number of carbonyl (C=O) groups is 3. The van der Waals surface area contributed by atoms with Crippen LogP contribution in [0.3, 0.4) is 0 Å². The quantitative estimate of drug-likeness (QED) is 0.219. The molecule has 3 amide bonds. The van der Waals surface area contributed by atoms with E-state index in [2.05, 4.69) is 24.5 Å². The summed E-state index contributed by atoms with van der Waals surface area (Å²) in [5.41, 5.74) is 2.13. The van der Waals surface area contributed by atoms with Gasteiger partial charge in [0.25, 0.3) is 0 Å². The van der Waals surface area contributed by atoms with Gasteiger partial charge in [0, 0.05) is 13.1 Å². The number of hydrogen-bond donors (Lipinski definition) is 2. The number of nitrogens with one attached hydrogen (secondary N) is 2. The molecule has 222 valence electrons. The molecule has 0 saturated carbocycles. The van der Waals surface area contributed by atoms with Crippen molar-refractivity contribution in [2.75, 3.05) is 13.1 Å². The summed E-state index contributed by atoms with van der Waals surface area (Å²) in [6.07, 6.45) is 6.92. The van der Waals surface area contributed by atoms with Crippen LogP contribution in [-0.2, 0) is 14.3 Å². The maximum Gasteiger partial charge on any atom is 0.408 e. The van der Waals surface area contributed by atoms with E-state index in [0.29, 0.717) is 19.5 Å². The molecule has 0 aliphatic heterocycles. The predicted octanol–water partition coefficient (Wildman–Crippen LogP) is 7.00. The molecule has 0 aliphatic rings. The lowest BCUT2D eigenvalue weighted by Gasteiger charge is -2.36. The molecule has 3 atom stereocenters. The SMILES string of the molecule is CCCCCCN(C(=O)C(NC(=O)OC(C)(C)C)C(C)CC)C(C(=O)NCCCCC)c1cc(C)ccc1C. The van der Waals surface area contributed by atoms with Gasteiger partial charge >= 0.3 is 6.09 Å². The maximum atomic E-state index is 14.4. The third-order valence-electron chi connectivity index (χ3n) is 7.06. The Morgan fingerprint density at radius 3 is 2.18 bits per heavy atom. The summed E-state index contributed by atoms with van der Waals surface area (Å²) in [5, 5.41) is 5.96. The number of aryl methyl sites for hydroxylation is 2. The van der Waals surface area contributed by atoms with Gasteiger partial charge in [-0.2, -0.15) is 0 Å². The van der Waals surface area contributed by atoms with E-state index >= 15 is 0 Å². The number of amides is 3. The fourth-order valence-electron chi connectivity index (χ4n) is 4.56. The van der Waals surface area contributed by atoms with Gasteiger partial charge in [0.1, 0.15) is 17.7 Å². The van der Waals surface area contributed by atoms with Gasteiger partial charge in [-0.1, -0.05) is 90.0 Å². The van der Waals surface area contributed by atoms with Gasteiger partial charge in [-0.15, -0.1) is 0 Å². The van der Waals surface area contributed by atoms with E-state index < -0.39 is 23.8 Å². The first-order valence-electron chi connectivity index (χ1n) is 15.0. The Labute approximate surface area is 237 Å². The standard InChI is InChI=1S/C32H55N3O4/c1-10-13-15-17-21-35(30(37)27(24(5)12-3)34-31(38)39-32(7,8)9)28(29(36)33-20-16-14-11-2)26-22-23(4)18-19-25(26)6/h18-19,22,24,27-28H,10-17,20-21H2,1-9H3,(H,33,36)(H,34,38). The van der Waals surface area contributed by atoms with Gasteiger partial charge in [-0.3, -0.25) is 9.59 Å². The number of carbonyl (C=O) groups excluding carboxylic acids is 3. The van der Waals surface area contributed by atoms with Crippen LogP contribution >= 0.6 is 0 Å². The van der Waals surface area contributed by atoms with E-state index in [1.54, 1.807) is 25.7 Å². The molecule has 39 heavy (non-hydrogen) atoms. The molecule has 3 unspecified atom stereocenters. The molecular formula is C32H55N3O4. The number of nitrogens with zero attached hydrogens (tertiary/aromatic N) is 1. The second kappa shape index (κ2) is 17.2. The third kappa shape index (κ3) is 12.0. The second-order valence-corrected chi connectivity index (χ2v) is 11.9. The van der Waals surface area contributed by atoms with Crippen molar-refractivity contribution in [3.05, 3.63) is 34.9 Å². The Hall–Kier alpha value is -2.57. The highest BCUT2D eigenvalue weighted by Crippen LogP contribution is 2.28. The number of alkyl carbamates (subject to hydrolysis) is 1. The van der Waals surface area contributed by atoms with Crippen LogP contribution in [0.4, 0.5) is 4.79 Å². The molecular weight excluding hydrogens is 490 g/mol. The molecule has 0 spiro atoms. The zero-order valence-electron chi connectivity index (χ0n) is 26.1. The average molecular weight is 546 g/mol. The lowest BCUT2D eigenvalue weighted by molar-refractivity contribution is -0.143. The Kier molecular flexibility index (Phi) is 15.2. The molecule has 0 bridgehead atoms. The van der Waals surface area contributed by atoms with Crippen LogP contribution in [0.5, 0.6) is 0 Å². The Morgan fingerprint density at radius 1 is 0.949 bits per heavy atom. The largest absolute Gasteiger partial charge is 0.444 e. The minimum absolute atomic E-state index is 0.143. The minimum Gasteiger partial charge on any atom is -0.444 e. The number of ether oxygens (including phenoxy) is 1. The summed E-state index contributed by atoms with van der Waals surface area (Å²) in [5.74, 6) is -0.569. The monoisotopic (exact) mass is 545 g/mol. The van der Waals surface area contributed by atoms with Crippen LogP contribution in [0.25, 0.3) is 0 Å². The fourth-order valence-corrected chi connectivity index (χ4v) is 4.56. The van der Waals surface area contributed by atoms with Crippen LogP contribution in [0, 0.1) is 19.8 Å². The molecule has 1 rings (SSSR count). The predicted molar refractivity (Wildman–Crippen MR) is 160 cm³/mol. The molecule has 7 nitrogen and oxygen atoms in total. The molecule has 0 aromatic heterocycles. The molecule has 0 heterocycles. The van der Waals surface area contributed by atoms with E-state index in [-0.39, 0.29) is 17.7 Å². The lowest BCUT2D eigenvalue weighted by Crippen LogP contribution is -2.55. The summed E-state index contributed by atoms with van der Waals surface area (Å²) in [6, 6.07) is 4.45. The number of unbranched alkanes of at least 4 members (excludes halogenated alkanes) is 5. The van der Waals surface area contributed by atoms with Crippen LogP contribution in [0.1, 0.15) is 123 Å². The van der Waals surface area contributed by atoms with E-state index in [1.165, 1.54) is 0 Å². The number of benzene rings is 1. The van der Waals surface area contributed by atoms with Crippen molar-refractivity contribution in [2.45, 2.75) is 131 Å². The molecule has 2 N–H and O–H groups in total. The summed E-state index contributed by atoms with van der Waals surface area (Å²) in [4.78, 5) is 42.8. The van der Waals surface area contributed by atoms with Gasteiger partial charge < -0.3 is 20.3 Å². The van der Waals surface area contributed by atoms with Crippen molar-refractivity contribution in [1.29, 1.82) is 0 Å². The summed E-state index contributed by atoms with van der Waals surface area (Å²) < 4.78 is 5.51. The zero-order chi connectivity index (χ0) is 29.6. The highest BCUT2D eigenvalue weighted by molar-refractivity contribution is 5.92. The first kappa shape index (κ1) is 34.5. The molecule has 0 radical (unpaired) electrons. The van der Waals surface area contributed by atoms with Crippen molar-refractivity contribution in [3.8, 4) is 0 Å². The Bertz CT molecular complexity index is 909. The normalized spacial score (nSPS) is 13.8. The van der Waals surface area contributed by atoms with Gasteiger partial charge in [-0.25, -0.2) is 4.79 Å². The molecule has 7 heteroatoms. The average Bonchev–Trinajstić information content (AvgIpc) is 2.86. The molecule has 1 aromatic carbocycles. The summed E-state index contributed by atoms with van der Waals surface area (Å²) >= 11 is 0. The van der Waals surface area contributed by atoms with Crippen molar-refractivity contribution in [3.63, 3.8) is 0 Å². The maximum absolute atomic E-state index is 14.4. The summed E-state index contributed by atoms with van der Waals surface area (Å²) in [7, 11) is 0. The van der Waals surface area contributed by atoms with Gasteiger partial charge in [0.15, 0.2) is 0 Å². The minimum atomic E-state index is -0.809. The smallest absolute Gasteiger partial charge is 0.408 e. The highest BCUT2D eigenvalue weighted by atomic mass is 16.6. The van der Waals surface area contributed by atoms with Crippen LogP contribution in [-0.4, -0.2) is 47.5 Å². The first-order valence-corrected chi connectivity index (χ1v) is 15.0. The zero-order valence-corrected chi connectivity index (χ0v) is 26.1. The third-order valence-corrected chi connectivity index (χ3v) is 7.06. The highest BCUT2D eigenvalue weighted by Gasteiger charge is 2.38. The molecule has 0 saturated heterocycles.